The van der Waals surface area contributed by atoms with Gasteiger partial charge in [-0.05, 0) is 99.3 Å². The van der Waals surface area contributed by atoms with E-state index in [9.17, 15) is 24.6 Å². The lowest BCUT2D eigenvalue weighted by Gasteiger charge is -2.59. The van der Waals surface area contributed by atoms with Crippen LogP contribution >= 0.6 is 0 Å². The summed E-state index contributed by atoms with van der Waals surface area (Å²) >= 11 is 0. The molecule has 0 unspecified atom stereocenters. The van der Waals surface area contributed by atoms with Crippen LogP contribution in [0.3, 0.4) is 0 Å². The molecule has 1 saturated carbocycles. The van der Waals surface area contributed by atoms with Crippen molar-refractivity contribution in [3.63, 3.8) is 0 Å². The fraction of sp³-hybridized carbons (Fsp3) is 0.513. The van der Waals surface area contributed by atoms with Gasteiger partial charge in [0.2, 0.25) is 5.78 Å². The number of aliphatic carboxylic acids is 1. The maximum atomic E-state index is 14.9. The summed E-state index contributed by atoms with van der Waals surface area (Å²) in [4.78, 5) is 41.5. The first-order valence-corrected chi connectivity index (χ1v) is 16.6. The third-order valence-corrected chi connectivity index (χ3v) is 10.9. The number of fused-ring (bicyclic) bond motifs is 2. The number of carboxylic acids is 1. The quantitative estimate of drug-likeness (QED) is 0.213. The smallest absolute Gasteiger partial charge is 0.330 e. The summed E-state index contributed by atoms with van der Waals surface area (Å²) in [5.41, 5.74) is -3.15. The Kier molecular flexibility index (Phi) is 7.80. The van der Waals surface area contributed by atoms with Crippen LogP contribution < -0.4 is 9.47 Å². The number of hydrogen-bond donors (Lipinski definition) is 2. The summed E-state index contributed by atoms with van der Waals surface area (Å²) in [7, 11) is 1.43. The molecule has 4 bridgehead atoms. The van der Waals surface area contributed by atoms with Crippen LogP contribution in [-0.2, 0) is 25.5 Å². The predicted octanol–water partition coefficient (Wildman–Crippen LogP) is 7.01. The van der Waals surface area contributed by atoms with Crippen LogP contribution in [0.15, 0.2) is 52.7 Å². The number of ketones is 2. The molecule has 1 spiro atoms. The largest absolute Gasteiger partial charge is 0.506 e. The fourth-order valence-electron chi connectivity index (χ4n) is 8.38. The number of carbonyl (C=O) groups excluding carboxylic acids is 2. The van der Waals surface area contributed by atoms with Crippen molar-refractivity contribution in [1.82, 2.24) is 0 Å². The first kappa shape index (κ1) is 33.9. The van der Waals surface area contributed by atoms with Gasteiger partial charge in [0, 0.05) is 36.2 Å². The number of Topliss-reactive ketones (excluding diaryl/α,β-unsaturated/α-hetero) is 2. The standard InChI is InChI=1S/C39H46O9/c1-21(2)11-10-16-36(8)17-15-24-29(40)28-30(41)26-19-37(45-9)20-27-35(6,7)48-38(34(37)44,18-14-23(5)33(42)43)39(26,27)47-32(28)25(31(24)46-36)13-12-22(3)4/h11-12,14-15,17,19,27,40H,10,13,16,18,20H2,1-9H3,(H,42,43)/t27-,36-,37-,38-,39+/m0/s1. The normalized spacial score (nSPS) is 32.0. The van der Waals surface area contributed by atoms with E-state index in [2.05, 4.69) is 19.9 Å². The second-order valence-corrected chi connectivity index (χ2v) is 15.2. The second-order valence-electron chi connectivity index (χ2n) is 15.2. The number of aromatic hydroxyl groups is 1. The van der Waals surface area contributed by atoms with Gasteiger partial charge in [0.05, 0.1) is 11.2 Å². The molecule has 0 aromatic heterocycles. The van der Waals surface area contributed by atoms with E-state index >= 15 is 0 Å². The third-order valence-electron chi connectivity index (χ3n) is 10.9. The van der Waals surface area contributed by atoms with Crippen molar-refractivity contribution in [2.24, 2.45) is 5.92 Å². The van der Waals surface area contributed by atoms with E-state index in [1.54, 1.807) is 6.08 Å². The Bertz CT molecular complexity index is 1800. The molecule has 3 aliphatic heterocycles. The van der Waals surface area contributed by atoms with Crippen molar-refractivity contribution in [3.8, 4) is 17.2 Å². The van der Waals surface area contributed by atoms with Crippen molar-refractivity contribution < 1.29 is 43.5 Å². The zero-order valence-electron chi connectivity index (χ0n) is 29.3. The van der Waals surface area contributed by atoms with Gasteiger partial charge in [-0.3, -0.25) is 9.59 Å². The Balaban J connectivity index is 1.63. The number of phenolic OH excluding ortho intramolecular Hbond substituents is 1. The molecule has 1 aromatic carbocycles. The summed E-state index contributed by atoms with van der Waals surface area (Å²) in [6.45, 7) is 15.2. The highest BCUT2D eigenvalue weighted by molar-refractivity contribution is 6.20. The number of methoxy groups -OCH3 is 1. The van der Waals surface area contributed by atoms with Gasteiger partial charge >= 0.3 is 5.97 Å². The first-order valence-electron chi connectivity index (χ1n) is 16.6. The van der Waals surface area contributed by atoms with Crippen LogP contribution in [-0.4, -0.2) is 62.9 Å². The predicted molar refractivity (Wildman–Crippen MR) is 181 cm³/mol. The van der Waals surface area contributed by atoms with Crippen LogP contribution in [0.1, 0.15) is 103 Å². The number of benzene rings is 1. The summed E-state index contributed by atoms with van der Waals surface area (Å²) in [5.74, 6) is -2.25. The summed E-state index contributed by atoms with van der Waals surface area (Å²) in [5, 5.41) is 21.6. The molecule has 1 aromatic rings. The second kappa shape index (κ2) is 11.0. The van der Waals surface area contributed by atoms with Crippen molar-refractivity contribution in [2.45, 2.75) is 115 Å². The van der Waals surface area contributed by atoms with E-state index in [0.29, 0.717) is 29.7 Å². The molecule has 7 rings (SSSR count). The van der Waals surface area contributed by atoms with Gasteiger partial charge < -0.3 is 29.2 Å². The van der Waals surface area contributed by atoms with E-state index < -0.39 is 51.5 Å². The molecule has 9 heteroatoms. The molecule has 3 heterocycles. The lowest BCUT2D eigenvalue weighted by Crippen LogP contribution is -2.77. The molecule has 2 fully saturated rings. The number of carbonyl (C=O) groups is 3. The first-order chi connectivity index (χ1) is 22.4. The number of rotatable bonds is 9. The average molecular weight is 659 g/mol. The molecular formula is C39H46O9. The number of allylic oxidation sites excluding steroid dienone is 4. The summed E-state index contributed by atoms with van der Waals surface area (Å²) in [6.07, 6.45) is 12.8. The summed E-state index contributed by atoms with van der Waals surface area (Å²) in [6, 6.07) is 0. The molecule has 256 valence electrons. The maximum absolute atomic E-state index is 14.9. The van der Waals surface area contributed by atoms with Crippen LogP contribution in [0.5, 0.6) is 17.2 Å². The van der Waals surface area contributed by atoms with Gasteiger partial charge in [0.1, 0.15) is 34.0 Å². The van der Waals surface area contributed by atoms with Crippen LogP contribution in [0.4, 0.5) is 0 Å². The highest BCUT2D eigenvalue weighted by atomic mass is 16.6. The third kappa shape index (κ3) is 4.60. The van der Waals surface area contributed by atoms with Gasteiger partial charge in [0.25, 0.3) is 0 Å². The monoisotopic (exact) mass is 658 g/mol. The molecule has 0 amide bonds. The number of hydrogen-bond acceptors (Lipinski definition) is 8. The van der Waals surface area contributed by atoms with Gasteiger partial charge in [-0.1, -0.05) is 29.4 Å². The molecule has 5 atom stereocenters. The lowest BCUT2D eigenvalue weighted by molar-refractivity contribution is -0.190. The van der Waals surface area contributed by atoms with Gasteiger partial charge in [0.15, 0.2) is 17.0 Å². The Hall–Kier alpha value is -3.95. The molecule has 48 heavy (non-hydrogen) atoms. The SMILES string of the molecule is CO[C@@]12C=C3C(=O)c4c(O)c5c(c(CC=C(C)C)c4O[C@@]34[C@@H](C1)C(C)(C)O[C@@]4(CC=C(C)C(=O)O)C2=O)O[C@@](C)(CCC=C(C)C)C=C5. The Morgan fingerprint density at radius 2 is 1.71 bits per heavy atom. The minimum atomic E-state index is -1.79. The number of carboxylic acid groups (broad SMARTS) is 1. The highest BCUT2D eigenvalue weighted by Gasteiger charge is 2.84. The number of ether oxygens (including phenoxy) is 4. The molecule has 9 nitrogen and oxygen atoms in total. The van der Waals surface area contributed by atoms with E-state index in [1.807, 2.05) is 52.8 Å². The van der Waals surface area contributed by atoms with Crippen molar-refractivity contribution in [2.75, 3.05) is 7.11 Å². The van der Waals surface area contributed by atoms with Crippen molar-refractivity contribution in [3.05, 3.63) is 69.4 Å². The fourth-order valence-corrected chi connectivity index (χ4v) is 8.38. The van der Waals surface area contributed by atoms with E-state index in [-0.39, 0.29) is 41.1 Å². The average Bonchev–Trinajstić information content (AvgIpc) is 3.16. The molecule has 2 N–H and O–H groups in total. The van der Waals surface area contributed by atoms with Gasteiger partial charge in [-0.15, -0.1) is 0 Å². The molecular weight excluding hydrogens is 612 g/mol. The van der Waals surface area contributed by atoms with Gasteiger partial charge in [-0.2, -0.15) is 0 Å². The van der Waals surface area contributed by atoms with Crippen molar-refractivity contribution in [1.29, 1.82) is 0 Å². The zero-order valence-corrected chi connectivity index (χ0v) is 29.3. The Morgan fingerprint density at radius 1 is 1.02 bits per heavy atom. The van der Waals surface area contributed by atoms with E-state index in [4.69, 9.17) is 18.9 Å². The maximum Gasteiger partial charge on any atom is 0.330 e. The minimum Gasteiger partial charge on any atom is -0.506 e. The Labute approximate surface area is 282 Å². The zero-order chi connectivity index (χ0) is 35.2. The lowest BCUT2D eigenvalue weighted by atomic mass is 9.49. The molecule has 3 aliphatic carbocycles. The number of phenols is 1. The van der Waals surface area contributed by atoms with Crippen LogP contribution in [0.2, 0.25) is 0 Å². The van der Waals surface area contributed by atoms with E-state index in [0.717, 1.165) is 12.0 Å². The van der Waals surface area contributed by atoms with Crippen LogP contribution in [0, 0.1) is 5.92 Å². The molecule has 1 saturated heterocycles. The minimum absolute atomic E-state index is 0.0000390. The topological polar surface area (TPSA) is 129 Å². The molecule has 0 radical (unpaired) electrons. The highest BCUT2D eigenvalue weighted by Crippen LogP contribution is 2.70. The van der Waals surface area contributed by atoms with Gasteiger partial charge in [-0.25, -0.2) is 4.79 Å². The van der Waals surface area contributed by atoms with Crippen molar-refractivity contribution >= 4 is 23.6 Å². The van der Waals surface area contributed by atoms with E-state index in [1.165, 1.54) is 25.7 Å². The Morgan fingerprint density at radius 3 is 2.33 bits per heavy atom. The van der Waals surface area contributed by atoms with Crippen LogP contribution in [0.25, 0.3) is 6.08 Å². The summed E-state index contributed by atoms with van der Waals surface area (Å²) < 4.78 is 26.6. The molecule has 6 aliphatic rings.